The van der Waals surface area contributed by atoms with E-state index in [2.05, 4.69) is 38.3 Å². The van der Waals surface area contributed by atoms with Crippen molar-refractivity contribution in [3.05, 3.63) is 78.4 Å². The standard InChI is InChI=1S/C26H29N5O2S.C3H4F2O2/c32-23(29-26-31-30-25(34-26)20-11-5-2-6-12-20)17-16-21(15-14-19-9-3-1-4-10-19)28-24(33)22-13-7-8-18-27-22;1-3(4,5)2(6)7/h1-6,9-12,16-17,21-22,27H,7-8,13-15,18H2,(H,28,33)(H,29,31,32);1H3,(H,6,7)/b17-16+;/t21-,22-;/m0./s1. The van der Waals surface area contributed by atoms with E-state index in [0.717, 1.165) is 42.8 Å². The number of benzene rings is 2. The molecule has 3 aromatic rings. The van der Waals surface area contributed by atoms with Crippen LogP contribution in [0.2, 0.25) is 0 Å². The van der Waals surface area contributed by atoms with Crippen LogP contribution in [-0.4, -0.2) is 57.6 Å². The number of alkyl halides is 2. The van der Waals surface area contributed by atoms with E-state index in [4.69, 9.17) is 5.11 Å². The van der Waals surface area contributed by atoms with Crippen LogP contribution in [-0.2, 0) is 20.8 Å². The quantitative estimate of drug-likeness (QED) is 0.254. The third kappa shape index (κ3) is 11.2. The van der Waals surface area contributed by atoms with Crippen LogP contribution >= 0.6 is 11.3 Å². The molecule has 0 bridgehead atoms. The number of nitrogens with zero attached hydrogens (tertiary/aromatic N) is 2. The van der Waals surface area contributed by atoms with E-state index in [1.54, 1.807) is 6.08 Å². The highest BCUT2D eigenvalue weighted by molar-refractivity contribution is 7.18. The molecule has 2 heterocycles. The van der Waals surface area contributed by atoms with Gasteiger partial charge < -0.3 is 15.7 Å². The predicted octanol–water partition coefficient (Wildman–Crippen LogP) is 4.69. The van der Waals surface area contributed by atoms with E-state index in [1.807, 2.05) is 48.5 Å². The van der Waals surface area contributed by atoms with E-state index in [9.17, 15) is 23.2 Å². The lowest BCUT2D eigenvalue weighted by atomic mass is 10.0. The number of rotatable bonds is 10. The fourth-order valence-corrected chi connectivity index (χ4v) is 4.62. The van der Waals surface area contributed by atoms with Crippen molar-refractivity contribution in [2.24, 2.45) is 0 Å². The molecule has 41 heavy (non-hydrogen) atoms. The minimum absolute atomic E-state index is 0.0144. The maximum absolute atomic E-state index is 12.8. The van der Waals surface area contributed by atoms with Crippen LogP contribution in [0.5, 0.6) is 0 Å². The van der Waals surface area contributed by atoms with Gasteiger partial charge in [-0.1, -0.05) is 84.5 Å². The number of carbonyl (C=O) groups is 3. The predicted molar refractivity (Wildman–Crippen MR) is 154 cm³/mol. The average molecular weight is 586 g/mol. The molecular weight excluding hydrogens is 552 g/mol. The van der Waals surface area contributed by atoms with Crippen LogP contribution < -0.4 is 16.0 Å². The second kappa shape index (κ2) is 15.7. The van der Waals surface area contributed by atoms with Crippen molar-refractivity contribution in [3.8, 4) is 10.6 Å². The lowest BCUT2D eigenvalue weighted by molar-refractivity contribution is -0.161. The van der Waals surface area contributed by atoms with E-state index in [1.165, 1.54) is 23.0 Å². The third-order valence-corrected chi connectivity index (χ3v) is 6.96. The van der Waals surface area contributed by atoms with Gasteiger partial charge in [-0.05, 0) is 37.8 Å². The lowest BCUT2D eigenvalue weighted by Gasteiger charge is -2.25. The summed E-state index contributed by atoms with van der Waals surface area (Å²) >= 11 is 1.32. The van der Waals surface area contributed by atoms with Crippen LogP contribution in [0, 0.1) is 0 Å². The van der Waals surface area contributed by atoms with Crippen LogP contribution in [0.4, 0.5) is 13.9 Å². The van der Waals surface area contributed by atoms with Gasteiger partial charge in [0.2, 0.25) is 16.9 Å². The Morgan fingerprint density at radius 1 is 1.10 bits per heavy atom. The molecule has 4 rings (SSSR count). The molecule has 1 fully saturated rings. The number of amides is 2. The van der Waals surface area contributed by atoms with Crippen molar-refractivity contribution in [2.45, 2.75) is 57.0 Å². The smallest absolute Gasteiger partial charge is 0.374 e. The summed E-state index contributed by atoms with van der Waals surface area (Å²) in [5, 5.41) is 26.1. The number of hydrogen-bond acceptors (Lipinski definition) is 7. The molecule has 12 heteroatoms. The van der Waals surface area contributed by atoms with E-state index in [-0.39, 0.29) is 23.9 Å². The number of halogens is 2. The number of aliphatic carboxylic acids is 1. The Morgan fingerprint density at radius 3 is 2.37 bits per heavy atom. The first kappa shape index (κ1) is 31.5. The maximum atomic E-state index is 12.8. The summed E-state index contributed by atoms with van der Waals surface area (Å²) in [7, 11) is 0. The van der Waals surface area contributed by atoms with Gasteiger partial charge in [-0.15, -0.1) is 10.2 Å². The number of anilines is 1. The molecule has 0 spiro atoms. The van der Waals surface area contributed by atoms with Gasteiger partial charge in [0.15, 0.2) is 0 Å². The Morgan fingerprint density at radius 2 is 1.76 bits per heavy atom. The van der Waals surface area contributed by atoms with Crippen molar-refractivity contribution in [1.29, 1.82) is 0 Å². The van der Waals surface area contributed by atoms with Crippen LogP contribution in [0.3, 0.4) is 0 Å². The molecule has 1 aromatic heterocycles. The van der Waals surface area contributed by atoms with Crippen molar-refractivity contribution < 1.29 is 28.3 Å². The molecule has 2 amide bonds. The lowest BCUT2D eigenvalue weighted by Crippen LogP contribution is -2.49. The topological polar surface area (TPSA) is 133 Å². The fraction of sp³-hybridized carbons (Fsp3) is 0.345. The van der Waals surface area contributed by atoms with E-state index < -0.39 is 11.9 Å². The first-order chi connectivity index (χ1) is 19.6. The Hall–Kier alpha value is -4.03. The van der Waals surface area contributed by atoms with Crippen LogP contribution in [0.15, 0.2) is 72.8 Å². The number of carboxylic acid groups (broad SMARTS) is 1. The highest BCUT2D eigenvalue weighted by Crippen LogP contribution is 2.25. The average Bonchev–Trinajstić information content (AvgIpc) is 3.44. The Labute approximate surface area is 241 Å². The first-order valence-corrected chi connectivity index (χ1v) is 14.0. The first-order valence-electron chi connectivity index (χ1n) is 13.2. The molecule has 1 aliphatic rings. The Bertz CT molecular complexity index is 1290. The highest BCUT2D eigenvalue weighted by atomic mass is 32.1. The largest absolute Gasteiger partial charge is 0.477 e. The van der Waals surface area contributed by atoms with Gasteiger partial charge in [0.1, 0.15) is 5.01 Å². The molecule has 2 aromatic carbocycles. The molecule has 1 saturated heterocycles. The van der Waals surface area contributed by atoms with Gasteiger partial charge in [-0.25, -0.2) is 4.79 Å². The van der Waals surface area contributed by atoms with Gasteiger partial charge >= 0.3 is 11.9 Å². The second-order valence-electron chi connectivity index (χ2n) is 9.46. The minimum atomic E-state index is -3.58. The van der Waals surface area contributed by atoms with Crippen molar-refractivity contribution in [1.82, 2.24) is 20.8 Å². The number of nitrogens with one attached hydrogen (secondary N) is 3. The number of aryl methyl sites for hydroxylation is 1. The molecule has 4 N–H and O–H groups in total. The minimum Gasteiger partial charge on any atom is -0.477 e. The Balaban J connectivity index is 0.000000587. The molecule has 9 nitrogen and oxygen atoms in total. The normalized spacial score (nSPS) is 15.8. The summed E-state index contributed by atoms with van der Waals surface area (Å²) in [5.41, 5.74) is 2.15. The molecular formula is C29H33F2N5O4S. The van der Waals surface area contributed by atoms with Crippen LogP contribution in [0.25, 0.3) is 10.6 Å². The maximum Gasteiger partial charge on any atom is 0.374 e. The number of piperidine rings is 1. The Kier molecular flexibility index (Phi) is 12.0. The van der Waals surface area contributed by atoms with Crippen molar-refractivity contribution in [2.75, 3.05) is 11.9 Å². The second-order valence-corrected chi connectivity index (χ2v) is 10.4. The number of aromatic nitrogens is 2. The summed E-state index contributed by atoms with van der Waals surface area (Å²) in [4.78, 5) is 34.6. The van der Waals surface area contributed by atoms with Gasteiger partial charge in [-0.3, -0.25) is 14.9 Å². The van der Waals surface area contributed by atoms with Gasteiger partial charge in [-0.2, -0.15) is 8.78 Å². The SMILES string of the molecule is CC(F)(F)C(=O)O.O=C(/C=C/[C@H](CCc1ccccc1)NC(=O)[C@@H]1CCCCN1)Nc1nnc(-c2ccccc2)s1. The molecule has 0 radical (unpaired) electrons. The summed E-state index contributed by atoms with van der Waals surface area (Å²) in [5.74, 6) is -5.99. The summed E-state index contributed by atoms with van der Waals surface area (Å²) in [6, 6.07) is 19.4. The molecule has 1 aliphatic heterocycles. The third-order valence-electron chi connectivity index (χ3n) is 6.07. The molecule has 0 aliphatic carbocycles. The summed E-state index contributed by atoms with van der Waals surface area (Å²) in [6.45, 7) is 1.19. The molecule has 0 saturated carbocycles. The van der Waals surface area contributed by atoms with Crippen molar-refractivity contribution >= 4 is 34.3 Å². The molecule has 218 valence electrons. The number of carbonyl (C=O) groups excluding carboxylic acids is 2. The van der Waals surface area contributed by atoms with Gasteiger partial charge in [0, 0.05) is 24.6 Å². The van der Waals surface area contributed by atoms with Gasteiger partial charge in [0.05, 0.1) is 6.04 Å². The number of carboxylic acids is 1. The molecule has 2 atom stereocenters. The highest BCUT2D eigenvalue weighted by Gasteiger charge is 2.31. The fourth-order valence-electron chi connectivity index (χ4n) is 3.86. The van der Waals surface area contributed by atoms with E-state index in [0.29, 0.717) is 18.5 Å². The van der Waals surface area contributed by atoms with Crippen LogP contribution in [0.1, 0.15) is 38.2 Å². The van der Waals surface area contributed by atoms with Crippen molar-refractivity contribution in [3.63, 3.8) is 0 Å². The summed E-state index contributed by atoms with van der Waals surface area (Å²) in [6.07, 6.45) is 7.70. The zero-order valence-corrected chi connectivity index (χ0v) is 23.4. The number of hydrogen-bond donors (Lipinski definition) is 4. The van der Waals surface area contributed by atoms with E-state index >= 15 is 0 Å². The molecule has 0 unspecified atom stereocenters. The zero-order valence-electron chi connectivity index (χ0n) is 22.6. The zero-order chi connectivity index (χ0) is 29.7. The summed E-state index contributed by atoms with van der Waals surface area (Å²) < 4.78 is 22.5. The monoisotopic (exact) mass is 585 g/mol. The van der Waals surface area contributed by atoms with Gasteiger partial charge in [0.25, 0.3) is 0 Å².